The molecule has 0 radical (unpaired) electrons. The summed E-state index contributed by atoms with van der Waals surface area (Å²) >= 11 is 0. The lowest BCUT2D eigenvalue weighted by Crippen LogP contribution is -2.62. The van der Waals surface area contributed by atoms with Crippen molar-refractivity contribution in [2.75, 3.05) is 13.1 Å². The number of fused-ring (bicyclic) bond motifs is 1. The molecule has 5 rings (SSSR count). The molecule has 38 heavy (non-hydrogen) atoms. The Labute approximate surface area is 220 Å². The molecule has 3 aromatic rings. The van der Waals surface area contributed by atoms with E-state index in [1.165, 1.54) is 12.3 Å². The van der Waals surface area contributed by atoms with Crippen LogP contribution in [0.3, 0.4) is 0 Å². The van der Waals surface area contributed by atoms with Crippen molar-refractivity contribution in [2.24, 2.45) is 0 Å². The Morgan fingerprint density at radius 1 is 1.03 bits per heavy atom. The Morgan fingerprint density at radius 2 is 1.79 bits per heavy atom. The van der Waals surface area contributed by atoms with Gasteiger partial charge in [0.05, 0.1) is 12.6 Å². The zero-order valence-corrected chi connectivity index (χ0v) is 21.7. The van der Waals surface area contributed by atoms with Crippen LogP contribution in [-0.4, -0.2) is 60.0 Å². The maximum atomic E-state index is 13.6. The lowest BCUT2D eigenvalue weighted by atomic mass is 9.80. The van der Waals surface area contributed by atoms with Crippen molar-refractivity contribution in [2.45, 2.75) is 61.6 Å². The molecule has 2 aromatic heterocycles. The first-order chi connectivity index (χ1) is 18.3. The smallest absolute Gasteiger partial charge is 0.287 e. The second kappa shape index (κ2) is 10.7. The summed E-state index contributed by atoms with van der Waals surface area (Å²) in [5.74, 6) is -1.20. The van der Waals surface area contributed by atoms with E-state index in [4.69, 9.17) is 4.42 Å². The molecule has 1 saturated carbocycles. The van der Waals surface area contributed by atoms with Gasteiger partial charge in [0.25, 0.3) is 15.9 Å². The number of rotatable bonds is 6. The number of pyridine rings is 1. The van der Waals surface area contributed by atoms with Gasteiger partial charge in [-0.3, -0.25) is 14.4 Å². The summed E-state index contributed by atoms with van der Waals surface area (Å²) < 4.78 is 32.8. The highest BCUT2D eigenvalue weighted by atomic mass is 32.2. The molecule has 0 unspecified atom stereocenters. The fraction of sp³-hybridized carbons (Fsp3) is 0.407. The van der Waals surface area contributed by atoms with Crippen LogP contribution in [0.15, 0.2) is 64.2 Å². The number of furan rings is 1. The highest BCUT2D eigenvalue weighted by Crippen LogP contribution is 2.30. The second-order valence-electron chi connectivity index (χ2n) is 9.89. The van der Waals surface area contributed by atoms with Crippen LogP contribution in [0, 0.1) is 0 Å². The summed E-state index contributed by atoms with van der Waals surface area (Å²) in [5.41, 5.74) is -0.602. The quantitative estimate of drug-likeness (QED) is 0.492. The SMILES string of the molecule is O=C(NC1(C(=O)N[C@@H]2CCCN(S(=O)(=O)c3ccccn3)CC2=O)CCCCC1)c1cc2ccccc2o1. The molecule has 0 spiro atoms. The number of nitrogens with one attached hydrogen (secondary N) is 2. The Morgan fingerprint density at radius 3 is 2.53 bits per heavy atom. The zero-order valence-electron chi connectivity index (χ0n) is 20.9. The summed E-state index contributed by atoms with van der Waals surface area (Å²) in [6.45, 7) is -0.215. The summed E-state index contributed by atoms with van der Waals surface area (Å²) in [6, 6.07) is 12.6. The number of para-hydroxylation sites is 1. The maximum Gasteiger partial charge on any atom is 0.287 e. The average molecular weight is 539 g/mol. The van der Waals surface area contributed by atoms with Gasteiger partial charge in [-0.15, -0.1) is 0 Å². The summed E-state index contributed by atoms with van der Waals surface area (Å²) in [6.07, 6.45) is 5.40. The fourth-order valence-electron chi connectivity index (χ4n) is 5.22. The molecular weight excluding hydrogens is 508 g/mol. The first kappa shape index (κ1) is 26.1. The average Bonchev–Trinajstić information content (AvgIpc) is 3.28. The minimum atomic E-state index is -3.94. The van der Waals surface area contributed by atoms with E-state index in [1.54, 1.807) is 24.3 Å². The lowest BCUT2D eigenvalue weighted by molar-refractivity contribution is -0.132. The molecule has 11 heteroatoms. The van der Waals surface area contributed by atoms with Gasteiger partial charge in [0.1, 0.15) is 11.1 Å². The first-order valence-corrected chi connectivity index (χ1v) is 14.3. The number of ketones is 1. The highest BCUT2D eigenvalue weighted by Gasteiger charge is 2.43. The van der Waals surface area contributed by atoms with Crippen LogP contribution in [0.2, 0.25) is 0 Å². The van der Waals surface area contributed by atoms with Crippen LogP contribution in [-0.2, 0) is 19.6 Å². The molecule has 10 nitrogen and oxygen atoms in total. The van der Waals surface area contributed by atoms with E-state index in [9.17, 15) is 22.8 Å². The van der Waals surface area contributed by atoms with Crippen molar-refractivity contribution in [3.63, 3.8) is 0 Å². The number of benzene rings is 1. The highest BCUT2D eigenvalue weighted by molar-refractivity contribution is 7.89. The summed E-state index contributed by atoms with van der Waals surface area (Å²) in [7, 11) is -3.94. The number of Topliss-reactive ketones (excluding diaryl/α,β-unsaturated/α-hetero) is 1. The monoisotopic (exact) mass is 538 g/mol. The van der Waals surface area contributed by atoms with Gasteiger partial charge in [0.15, 0.2) is 16.6 Å². The van der Waals surface area contributed by atoms with Crippen LogP contribution in [0.4, 0.5) is 0 Å². The number of aromatic nitrogens is 1. The summed E-state index contributed by atoms with van der Waals surface area (Å²) in [4.78, 5) is 43.8. The van der Waals surface area contributed by atoms with E-state index in [0.717, 1.165) is 29.0 Å². The van der Waals surface area contributed by atoms with Gasteiger partial charge in [-0.2, -0.15) is 4.31 Å². The number of carbonyl (C=O) groups excluding carboxylic acids is 3. The van der Waals surface area contributed by atoms with Crippen molar-refractivity contribution >= 4 is 38.6 Å². The van der Waals surface area contributed by atoms with Crippen molar-refractivity contribution in [1.82, 2.24) is 19.9 Å². The van der Waals surface area contributed by atoms with Crippen LogP contribution < -0.4 is 10.6 Å². The molecule has 3 heterocycles. The van der Waals surface area contributed by atoms with Crippen molar-refractivity contribution in [1.29, 1.82) is 0 Å². The minimum absolute atomic E-state index is 0.116. The standard InChI is InChI=1S/C27H30N4O6S/c32-21-18-31(38(35,36)24-12-4-7-15-28-24)16-8-10-20(21)29-26(34)27(13-5-1-6-14-27)30-25(33)23-17-19-9-2-3-11-22(19)37-23/h2-4,7,9,11-12,15,17,20H,1,5-6,8,10,13-14,16,18H2,(H,29,34)(H,30,33)/t20-/m1/s1. The van der Waals surface area contributed by atoms with Gasteiger partial charge in [-0.25, -0.2) is 13.4 Å². The third-order valence-electron chi connectivity index (χ3n) is 7.31. The molecule has 0 bridgehead atoms. The molecule has 2 amide bonds. The van der Waals surface area contributed by atoms with E-state index < -0.39 is 39.2 Å². The van der Waals surface area contributed by atoms with Crippen molar-refractivity contribution in [3.05, 3.63) is 60.5 Å². The predicted molar refractivity (Wildman–Crippen MR) is 139 cm³/mol. The van der Waals surface area contributed by atoms with E-state index in [2.05, 4.69) is 15.6 Å². The van der Waals surface area contributed by atoms with Crippen LogP contribution in [0.1, 0.15) is 55.5 Å². The predicted octanol–water partition coefficient (Wildman–Crippen LogP) is 2.80. The lowest BCUT2D eigenvalue weighted by Gasteiger charge is -2.37. The topological polar surface area (TPSA) is 139 Å². The van der Waals surface area contributed by atoms with E-state index in [-0.39, 0.29) is 23.9 Å². The van der Waals surface area contributed by atoms with E-state index in [1.807, 2.05) is 18.2 Å². The minimum Gasteiger partial charge on any atom is -0.451 e. The van der Waals surface area contributed by atoms with Gasteiger partial charge in [-0.1, -0.05) is 43.5 Å². The van der Waals surface area contributed by atoms with Crippen LogP contribution >= 0.6 is 0 Å². The Hall–Kier alpha value is -3.57. The molecule has 1 saturated heterocycles. The fourth-order valence-corrected chi connectivity index (χ4v) is 6.59. The number of carbonyl (C=O) groups is 3. The third-order valence-corrected chi connectivity index (χ3v) is 9.07. The van der Waals surface area contributed by atoms with Gasteiger partial charge in [0.2, 0.25) is 5.91 Å². The van der Waals surface area contributed by atoms with E-state index in [0.29, 0.717) is 31.3 Å². The zero-order chi connectivity index (χ0) is 26.8. The Balaban J connectivity index is 1.30. The van der Waals surface area contributed by atoms with Crippen molar-refractivity contribution < 1.29 is 27.2 Å². The third kappa shape index (κ3) is 5.21. The number of nitrogens with zero attached hydrogens (tertiary/aromatic N) is 2. The van der Waals surface area contributed by atoms with Gasteiger partial charge >= 0.3 is 0 Å². The maximum absolute atomic E-state index is 13.6. The molecule has 1 aliphatic heterocycles. The number of hydrogen-bond acceptors (Lipinski definition) is 7. The first-order valence-electron chi connectivity index (χ1n) is 12.8. The van der Waals surface area contributed by atoms with Gasteiger partial charge in [-0.05, 0) is 49.9 Å². The molecule has 200 valence electrons. The molecule has 1 atom stereocenters. The Kier molecular flexibility index (Phi) is 7.31. The normalized spacial score (nSPS) is 20.5. The number of amides is 2. The van der Waals surface area contributed by atoms with Crippen LogP contribution in [0.25, 0.3) is 11.0 Å². The number of sulfonamides is 1. The van der Waals surface area contributed by atoms with Crippen molar-refractivity contribution in [3.8, 4) is 0 Å². The van der Waals surface area contributed by atoms with Gasteiger partial charge in [0, 0.05) is 18.1 Å². The van der Waals surface area contributed by atoms with Crippen LogP contribution in [0.5, 0.6) is 0 Å². The Bertz CT molecular complexity index is 1410. The second-order valence-corrected chi connectivity index (χ2v) is 11.8. The molecule has 1 aliphatic carbocycles. The molecule has 1 aromatic carbocycles. The molecular formula is C27H30N4O6S. The molecule has 2 N–H and O–H groups in total. The van der Waals surface area contributed by atoms with Gasteiger partial charge < -0.3 is 15.1 Å². The summed E-state index contributed by atoms with van der Waals surface area (Å²) in [5, 5.41) is 6.42. The van der Waals surface area contributed by atoms with E-state index >= 15 is 0 Å². The number of hydrogen-bond donors (Lipinski definition) is 2. The molecule has 2 fully saturated rings. The largest absolute Gasteiger partial charge is 0.451 e. The molecule has 2 aliphatic rings.